The summed E-state index contributed by atoms with van der Waals surface area (Å²) in [5.74, 6) is 0.938. The van der Waals surface area contributed by atoms with Gasteiger partial charge < -0.3 is 0 Å². The van der Waals surface area contributed by atoms with Gasteiger partial charge >= 0.3 is 0 Å². The Morgan fingerprint density at radius 2 is 1.16 bits per heavy atom. The molecular formula is C29H48S2Si. The maximum absolute atomic E-state index is 2.65. The molecule has 3 heteroatoms. The van der Waals surface area contributed by atoms with Crippen molar-refractivity contribution in [3.8, 4) is 9.75 Å². The number of fused-ring (bicyclic) bond motifs is 3. The zero-order valence-electron chi connectivity index (χ0n) is 21.7. The minimum Gasteiger partial charge on any atom is -0.140 e. The van der Waals surface area contributed by atoms with Crippen molar-refractivity contribution in [2.24, 2.45) is 5.92 Å². The quantitative estimate of drug-likeness (QED) is 0.163. The molecule has 1 unspecified atom stereocenters. The lowest BCUT2D eigenvalue weighted by molar-refractivity contribution is 0.440. The summed E-state index contributed by atoms with van der Waals surface area (Å²) in [6.07, 6.45) is 18.5. The maximum Gasteiger partial charge on any atom is 0.122 e. The summed E-state index contributed by atoms with van der Waals surface area (Å²) in [5, 5.41) is 3.71. The molecule has 2 aromatic heterocycles. The molecule has 0 bridgehead atoms. The van der Waals surface area contributed by atoms with E-state index in [9.17, 15) is 0 Å². The maximum atomic E-state index is 2.65. The number of rotatable bonds is 16. The van der Waals surface area contributed by atoms with Crippen LogP contribution in [0.1, 0.15) is 114 Å². The number of hydrogen-bond acceptors (Lipinski definition) is 2. The summed E-state index contributed by atoms with van der Waals surface area (Å²) in [5.41, 5.74) is 0. The zero-order chi connectivity index (χ0) is 23.0. The summed E-state index contributed by atoms with van der Waals surface area (Å²) in [6.45, 7) is 11.8. The molecule has 2 aromatic rings. The van der Waals surface area contributed by atoms with Crippen molar-refractivity contribution in [3.63, 3.8) is 0 Å². The van der Waals surface area contributed by atoms with Crippen LogP contribution in [0.25, 0.3) is 9.75 Å². The molecule has 32 heavy (non-hydrogen) atoms. The fourth-order valence-corrected chi connectivity index (χ4v) is 15.7. The van der Waals surface area contributed by atoms with Gasteiger partial charge in [-0.25, -0.2) is 0 Å². The van der Waals surface area contributed by atoms with Crippen molar-refractivity contribution in [2.75, 3.05) is 0 Å². The van der Waals surface area contributed by atoms with Crippen molar-refractivity contribution in [1.82, 2.24) is 0 Å². The Balaban J connectivity index is 1.90. The average Bonchev–Trinajstić information content (AvgIpc) is 3.41. The van der Waals surface area contributed by atoms with Crippen LogP contribution in [0.4, 0.5) is 0 Å². The smallest absolute Gasteiger partial charge is 0.122 e. The van der Waals surface area contributed by atoms with Crippen molar-refractivity contribution < 1.29 is 0 Å². The molecule has 0 aromatic carbocycles. The Hall–Kier alpha value is -0.383. The Kier molecular flexibility index (Phi) is 10.6. The highest BCUT2D eigenvalue weighted by atomic mass is 32.1. The van der Waals surface area contributed by atoms with Crippen LogP contribution in [-0.2, 0) is 0 Å². The SMILES string of the molecule is CCCCCCC[Si]1(CC(CCCC)CCCCCC)c2cc(C)sc2-c2sc(C)cc21. The van der Waals surface area contributed by atoms with Gasteiger partial charge in [0.1, 0.15) is 8.07 Å². The summed E-state index contributed by atoms with van der Waals surface area (Å²) in [7, 11) is -1.65. The highest BCUT2D eigenvalue weighted by Crippen LogP contribution is 2.44. The Bertz CT molecular complexity index is 769. The topological polar surface area (TPSA) is 0 Å². The lowest BCUT2D eigenvalue weighted by Gasteiger charge is -2.33. The first-order valence-electron chi connectivity index (χ1n) is 13.8. The molecule has 3 rings (SSSR count). The first-order valence-corrected chi connectivity index (χ1v) is 17.8. The highest BCUT2D eigenvalue weighted by molar-refractivity contribution is 7.29. The van der Waals surface area contributed by atoms with E-state index in [0.29, 0.717) is 0 Å². The van der Waals surface area contributed by atoms with Gasteiger partial charge in [-0.15, -0.1) is 22.7 Å². The van der Waals surface area contributed by atoms with E-state index < -0.39 is 8.07 Å². The van der Waals surface area contributed by atoms with Gasteiger partial charge in [0.2, 0.25) is 0 Å². The van der Waals surface area contributed by atoms with Crippen LogP contribution in [0, 0.1) is 19.8 Å². The van der Waals surface area contributed by atoms with Crippen LogP contribution >= 0.6 is 22.7 Å². The molecule has 0 spiro atoms. The zero-order valence-corrected chi connectivity index (χ0v) is 24.3. The number of thiophene rings is 2. The Morgan fingerprint density at radius 3 is 1.72 bits per heavy atom. The largest absolute Gasteiger partial charge is 0.140 e. The molecule has 0 saturated heterocycles. The third kappa shape index (κ3) is 6.19. The number of aryl methyl sites for hydroxylation is 2. The molecule has 1 aliphatic rings. The molecule has 1 atom stereocenters. The van der Waals surface area contributed by atoms with Crippen molar-refractivity contribution >= 4 is 41.1 Å². The van der Waals surface area contributed by atoms with E-state index in [2.05, 4.69) is 69.4 Å². The Labute approximate surface area is 208 Å². The van der Waals surface area contributed by atoms with E-state index in [0.717, 1.165) is 5.92 Å². The average molecular weight is 489 g/mol. The molecule has 0 nitrogen and oxygen atoms in total. The fraction of sp³-hybridized carbons (Fsp3) is 0.724. The van der Waals surface area contributed by atoms with Crippen LogP contribution < -0.4 is 10.4 Å². The number of hydrogen-bond donors (Lipinski definition) is 0. The molecule has 0 saturated carbocycles. The minimum atomic E-state index is -1.65. The number of unbranched alkanes of at least 4 members (excludes halogenated alkanes) is 8. The summed E-state index contributed by atoms with van der Waals surface area (Å²) in [6, 6.07) is 8.32. The van der Waals surface area contributed by atoms with Crippen LogP contribution in [0.2, 0.25) is 12.1 Å². The predicted molar refractivity (Wildman–Crippen MR) is 152 cm³/mol. The first-order chi connectivity index (χ1) is 15.6. The third-order valence-electron chi connectivity index (χ3n) is 7.72. The molecule has 0 N–H and O–H groups in total. The second kappa shape index (κ2) is 12.9. The predicted octanol–water partition coefficient (Wildman–Crippen LogP) is 9.72. The van der Waals surface area contributed by atoms with Gasteiger partial charge in [-0.2, -0.15) is 0 Å². The van der Waals surface area contributed by atoms with Gasteiger partial charge in [0.25, 0.3) is 0 Å². The van der Waals surface area contributed by atoms with E-state index in [4.69, 9.17) is 0 Å². The molecule has 0 radical (unpaired) electrons. The van der Waals surface area contributed by atoms with Gasteiger partial charge in [0, 0.05) is 19.5 Å². The second-order valence-corrected chi connectivity index (χ2v) is 17.2. The lowest BCUT2D eigenvalue weighted by atomic mass is 9.97. The first kappa shape index (κ1) is 26.2. The van der Waals surface area contributed by atoms with Gasteiger partial charge in [-0.3, -0.25) is 0 Å². The van der Waals surface area contributed by atoms with Gasteiger partial charge in [-0.05, 0) is 54.4 Å². The van der Waals surface area contributed by atoms with Crippen LogP contribution in [0.5, 0.6) is 0 Å². The van der Waals surface area contributed by atoms with Crippen molar-refractivity contribution in [1.29, 1.82) is 0 Å². The molecule has 180 valence electrons. The minimum absolute atomic E-state index is 0.938. The van der Waals surface area contributed by atoms with E-state index >= 15 is 0 Å². The van der Waals surface area contributed by atoms with Crippen molar-refractivity contribution in [3.05, 3.63) is 21.9 Å². The van der Waals surface area contributed by atoms with Gasteiger partial charge in [0.05, 0.1) is 0 Å². The molecular weight excluding hydrogens is 441 g/mol. The third-order valence-corrected chi connectivity index (χ3v) is 15.7. The molecule has 0 fully saturated rings. The van der Waals surface area contributed by atoms with Crippen molar-refractivity contribution in [2.45, 2.75) is 130 Å². The molecule has 0 amide bonds. The van der Waals surface area contributed by atoms with Gasteiger partial charge in [0.15, 0.2) is 0 Å². The van der Waals surface area contributed by atoms with E-state index in [1.807, 2.05) is 10.4 Å². The second-order valence-electron chi connectivity index (χ2n) is 10.5. The van der Waals surface area contributed by atoms with E-state index in [-0.39, 0.29) is 0 Å². The standard InChI is InChI=1S/C29H48S2Si/c1-6-9-12-14-16-19-32(22-25(17-11-8-3)18-15-13-10-7-2)26-20-23(4)30-28(26)29-27(32)21-24(5)31-29/h20-21,25H,6-19,22H2,1-5H3. The van der Waals surface area contributed by atoms with Crippen LogP contribution in [0.3, 0.4) is 0 Å². The molecule has 3 heterocycles. The lowest BCUT2D eigenvalue weighted by Crippen LogP contribution is -2.55. The fourth-order valence-electron chi connectivity index (χ4n) is 6.04. The monoisotopic (exact) mass is 488 g/mol. The van der Waals surface area contributed by atoms with E-state index in [1.54, 1.807) is 19.5 Å². The van der Waals surface area contributed by atoms with Gasteiger partial charge in [-0.1, -0.05) is 104 Å². The van der Waals surface area contributed by atoms with Crippen LogP contribution in [0.15, 0.2) is 12.1 Å². The highest BCUT2D eigenvalue weighted by Gasteiger charge is 2.48. The Morgan fingerprint density at radius 1 is 0.656 bits per heavy atom. The summed E-state index contributed by atoms with van der Waals surface area (Å²) in [4.78, 5) is 6.47. The normalized spacial score (nSPS) is 15.2. The summed E-state index contributed by atoms with van der Waals surface area (Å²) >= 11 is 4.19. The molecule has 0 aliphatic carbocycles. The summed E-state index contributed by atoms with van der Waals surface area (Å²) < 4.78 is 0. The molecule has 1 aliphatic heterocycles. The van der Waals surface area contributed by atoms with E-state index in [1.165, 1.54) is 95.6 Å². The van der Waals surface area contributed by atoms with Crippen LogP contribution in [-0.4, -0.2) is 8.07 Å².